The lowest BCUT2D eigenvalue weighted by atomic mass is 10.3. The zero-order valence-electron chi connectivity index (χ0n) is 13.0. The molecule has 0 aromatic heterocycles. The maximum absolute atomic E-state index is 12.5. The van der Waals surface area contributed by atoms with Gasteiger partial charge in [-0.3, -0.25) is 4.79 Å². The maximum Gasteiger partial charge on any atom is 0.235 e. The van der Waals surface area contributed by atoms with Gasteiger partial charge in [0.15, 0.2) is 0 Å². The zero-order valence-corrected chi connectivity index (χ0v) is 13.9. The molecule has 0 radical (unpaired) electrons. The van der Waals surface area contributed by atoms with Crippen molar-refractivity contribution < 1.29 is 9.53 Å². The van der Waals surface area contributed by atoms with E-state index >= 15 is 0 Å². The molecule has 4 nitrogen and oxygen atoms in total. The summed E-state index contributed by atoms with van der Waals surface area (Å²) in [5, 5.41) is -0.0495. The zero-order chi connectivity index (χ0) is 15.2. The van der Waals surface area contributed by atoms with E-state index in [-0.39, 0.29) is 11.2 Å². The molecule has 1 aromatic rings. The molecule has 1 unspecified atom stereocenters. The Bertz CT molecular complexity index is 456. The number of carbonyl (C=O) groups excluding carboxylic acids is 1. The van der Waals surface area contributed by atoms with Gasteiger partial charge in [-0.25, -0.2) is 0 Å². The van der Waals surface area contributed by atoms with Crippen LogP contribution in [0.15, 0.2) is 29.2 Å². The number of hydrogen-bond donors (Lipinski definition) is 0. The molecule has 1 heterocycles. The van der Waals surface area contributed by atoms with Gasteiger partial charge in [0.05, 0.1) is 12.4 Å². The fraction of sp³-hybridized carbons (Fsp3) is 0.562. The molecular weight excluding hydrogens is 284 g/mol. The monoisotopic (exact) mass is 308 g/mol. The number of likely N-dealkylation sites (N-methyl/N-ethyl adjacent to an activating group) is 1. The third-order valence-electron chi connectivity index (χ3n) is 3.85. The molecule has 1 aliphatic rings. The minimum atomic E-state index is -0.0495. The Morgan fingerprint density at radius 1 is 1.24 bits per heavy atom. The van der Waals surface area contributed by atoms with Crippen molar-refractivity contribution >= 4 is 17.7 Å². The lowest BCUT2D eigenvalue weighted by Gasteiger charge is -2.35. The molecule has 1 saturated heterocycles. The average Bonchev–Trinajstić information content (AvgIpc) is 2.55. The molecule has 0 bridgehead atoms. The molecular formula is C16H24N2O2S. The van der Waals surface area contributed by atoms with E-state index in [1.165, 1.54) is 0 Å². The van der Waals surface area contributed by atoms with Gasteiger partial charge < -0.3 is 14.5 Å². The summed E-state index contributed by atoms with van der Waals surface area (Å²) in [6.45, 7) is 8.89. The average molecular weight is 308 g/mol. The van der Waals surface area contributed by atoms with E-state index in [2.05, 4.69) is 11.8 Å². The van der Waals surface area contributed by atoms with E-state index in [0.29, 0.717) is 0 Å². The van der Waals surface area contributed by atoms with Crippen LogP contribution in [0.25, 0.3) is 0 Å². The number of nitrogens with zero attached hydrogens (tertiary/aromatic N) is 2. The number of piperazine rings is 1. The Balaban J connectivity index is 1.87. The minimum Gasteiger partial charge on any atom is -0.497 e. The topological polar surface area (TPSA) is 32.8 Å². The SMILES string of the molecule is CCN1CCN(C(=O)C(C)Sc2ccc(OC)cc2)CC1. The van der Waals surface area contributed by atoms with E-state index in [4.69, 9.17) is 4.74 Å². The van der Waals surface area contributed by atoms with Crippen LogP contribution in [0, 0.1) is 0 Å². The van der Waals surface area contributed by atoms with Crippen molar-refractivity contribution in [3.8, 4) is 5.75 Å². The smallest absolute Gasteiger partial charge is 0.235 e. The van der Waals surface area contributed by atoms with Crippen molar-refractivity contribution in [2.75, 3.05) is 39.8 Å². The Morgan fingerprint density at radius 2 is 1.86 bits per heavy atom. The van der Waals surface area contributed by atoms with Gasteiger partial charge in [-0.2, -0.15) is 0 Å². The van der Waals surface area contributed by atoms with Crippen molar-refractivity contribution in [1.29, 1.82) is 0 Å². The van der Waals surface area contributed by atoms with E-state index in [1.54, 1.807) is 18.9 Å². The highest BCUT2D eigenvalue weighted by Crippen LogP contribution is 2.26. The third kappa shape index (κ3) is 4.38. The molecule has 5 heteroatoms. The summed E-state index contributed by atoms with van der Waals surface area (Å²) in [6, 6.07) is 7.86. The summed E-state index contributed by atoms with van der Waals surface area (Å²) in [5.41, 5.74) is 0. The summed E-state index contributed by atoms with van der Waals surface area (Å²) in [5.74, 6) is 1.08. The Morgan fingerprint density at radius 3 is 2.38 bits per heavy atom. The van der Waals surface area contributed by atoms with Gasteiger partial charge >= 0.3 is 0 Å². The molecule has 0 saturated carbocycles. The molecule has 1 amide bonds. The Hall–Kier alpha value is -1.20. The molecule has 0 N–H and O–H groups in total. The summed E-state index contributed by atoms with van der Waals surface area (Å²) >= 11 is 1.61. The van der Waals surface area contributed by atoms with Gasteiger partial charge in [0, 0.05) is 31.1 Å². The van der Waals surface area contributed by atoms with Crippen LogP contribution in [-0.4, -0.2) is 60.8 Å². The highest BCUT2D eigenvalue weighted by atomic mass is 32.2. The van der Waals surface area contributed by atoms with E-state index in [9.17, 15) is 4.79 Å². The molecule has 2 rings (SSSR count). The summed E-state index contributed by atoms with van der Waals surface area (Å²) in [7, 11) is 1.66. The predicted octanol–water partition coefficient (Wildman–Crippen LogP) is 2.34. The quantitative estimate of drug-likeness (QED) is 0.782. The fourth-order valence-corrected chi connectivity index (χ4v) is 3.40. The number of amides is 1. The second-order valence-corrected chi connectivity index (χ2v) is 6.61. The highest BCUT2D eigenvalue weighted by Gasteiger charge is 2.24. The maximum atomic E-state index is 12.5. The van der Waals surface area contributed by atoms with Crippen molar-refractivity contribution in [2.45, 2.75) is 24.0 Å². The Kier molecular flexibility index (Phi) is 5.94. The number of methoxy groups -OCH3 is 1. The molecule has 116 valence electrons. The van der Waals surface area contributed by atoms with Crippen LogP contribution >= 0.6 is 11.8 Å². The van der Waals surface area contributed by atoms with Crippen LogP contribution in [0.5, 0.6) is 5.75 Å². The third-order valence-corrected chi connectivity index (χ3v) is 4.95. The van der Waals surface area contributed by atoms with Gasteiger partial charge in [0.1, 0.15) is 5.75 Å². The molecule has 21 heavy (non-hydrogen) atoms. The second kappa shape index (κ2) is 7.71. The molecule has 1 aromatic carbocycles. The predicted molar refractivity (Wildman–Crippen MR) is 87.0 cm³/mol. The molecule has 1 atom stereocenters. The summed E-state index contributed by atoms with van der Waals surface area (Å²) < 4.78 is 5.15. The highest BCUT2D eigenvalue weighted by molar-refractivity contribution is 8.00. The standard InChI is InChI=1S/C16H24N2O2S/c1-4-17-9-11-18(12-10-17)16(19)13(2)21-15-7-5-14(20-3)6-8-15/h5-8,13H,4,9-12H2,1-3H3. The van der Waals surface area contributed by atoms with Crippen molar-refractivity contribution in [3.05, 3.63) is 24.3 Å². The van der Waals surface area contributed by atoms with Crippen LogP contribution in [0.4, 0.5) is 0 Å². The van der Waals surface area contributed by atoms with Crippen molar-refractivity contribution in [3.63, 3.8) is 0 Å². The number of hydrogen-bond acceptors (Lipinski definition) is 4. The number of thioether (sulfide) groups is 1. The van der Waals surface area contributed by atoms with Crippen LogP contribution in [-0.2, 0) is 4.79 Å². The lowest BCUT2D eigenvalue weighted by molar-refractivity contribution is -0.132. The number of rotatable bonds is 5. The number of benzene rings is 1. The van der Waals surface area contributed by atoms with Crippen molar-refractivity contribution in [2.24, 2.45) is 0 Å². The molecule has 0 aliphatic carbocycles. The second-order valence-electron chi connectivity index (χ2n) is 5.20. The number of carbonyl (C=O) groups is 1. The first-order chi connectivity index (χ1) is 10.1. The van der Waals surface area contributed by atoms with Crippen LogP contribution in [0.3, 0.4) is 0 Å². The molecule has 1 fully saturated rings. The van der Waals surface area contributed by atoms with Gasteiger partial charge in [-0.15, -0.1) is 11.8 Å². The van der Waals surface area contributed by atoms with Crippen molar-refractivity contribution in [1.82, 2.24) is 9.80 Å². The van der Waals surface area contributed by atoms with Crippen LogP contribution in [0.2, 0.25) is 0 Å². The fourth-order valence-electron chi connectivity index (χ4n) is 2.45. The van der Waals surface area contributed by atoms with Crippen LogP contribution in [0.1, 0.15) is 13.8 Å². The first-order valence-electron chi connectivity index (χ1n) is 7.46. The van der Waals surface area contributed by atoms with E-state index < -0.39 is 0 Å². The van der Waals surface area contributed by atoms with Gasteiger partial charge in [-0.1, -0.05) is 6.92 Å². The van der Waals surface area contributed by atoms with Crippen LogP contribution < -0.4 is 4.74 Å². The number of ether oxygens (including phenoxy) is 1. The van der Waals surface area contributed by atoms with Gasteiger partial charge in [0.2, 0.25) is 5.91 Å². The van der Waals surface area contributed by atoms with Gasteiger partial charge in [0.25, 0.3) is 0 Å². The lowest BCUT2D eigenvalue weighted by Crippen LogP contribution is -2.50. The van der Waals surface area contributed by atoms with Gasteiger partial charge in [-0.05, 0) is 37.7 Å². The summed E-state index contributed by atoms with van der Waals surface area (Å²) in [6.07, 6.45) is 0. The van der Waals surface area contributed by atoms with E-state index in [1.807, 2.05) is 36.1 Å². The molecule has 0 spiro atoms. The largest absolute Gasteiger partial charge is 0.497 e. The first kappa shape index (κ1) is 16.2. The molecule has 1 aliphatic heterocycles. The normalized spacial score (nSPS) is 17.6. The minimum absolute atomic E-state index is 0.0495. The first-order valence-corrected chi connectivity index (χ1v) is 8.34. The summed E-state index contributed by atoms with van der Waals surface area (Å²) in [4.78, 5) is 18.0. The Labute approximate surface area is 131 Å². The van der Waals surface area contributed by atoms with E-state index in [0.717, 1.165) is 43.4 Å².